The zero-order chi connectivity index (χ0) is 17.9. The molecule has 2 N–H and O–H groups in total. The topological polar surface area (TPSA) is 41.1 Å². The van der Waals surface area contributed by atoms with E-state index in [0.29, 0.717) is 5.92 Å². The van der Waals surface area contributed by atoms with Crippen LogP contribution in [-0.2, 0) is 11.3 Å². The normalized spacial score (nSPS) is 18.7. The van der Waals surface area contributed by atoms with E-state index in [4.69, 9.17) is 0 Å². The van der Waals surface area contributed by atoms with Crippen LogP contribution in [0, 0.1) is 5.92 Å². The number of amides is 1. The first-order valence-corrected chi connectivity index (χ1v) is 9.34. The van der Waals surface area contributed by atoms with Crippen LogP contribution in [0.15, 0.2) is 66.7 Å². The maximum Gasteiger partial charge on any atom is 0.228 e. The van der Waals surface area contributed by atoms with Crippen molar-refractivity contribution >= 4 is 22.4 Å². The Morgan fingerprint density at radius 1 is 1.00 bits per heavy atom. The molecule has 1 amide bonds. The molecular weight excluding hydrogens is 320 g/mol. The monoisotopic (exact) mass is 344 g/mol. The Morgan fingerprint density at radius 2 is 1.77 bits per heavy atom. The van der Waals surface area contributed by atoms with Crippen LogP contribution in [0.5, 0.6) is 0 Å². The van der Waals surface area contributed by atoms with Crippen molar-refractivity contribution in [1.82, 2.24) is 5.32 Å². The second-order valence-corrected chi connectivity index (χ2v) is 6.98. The van der Waals surface area contributed by atoms with Crippen molar-refractivity contribution in [2.75, 3.05) is 11.9 Å². The second-order valence-electron chi connectivity index (χ2n) is 6.98. The van der Waals surface area contributed by atoms with E-state index >= 15 is 0 Å². The van der Waals surface area contributed by atoms with Crippen LogP contribution in [0.3, 0.4) is 0 Å². The van der Waals surface area contributed by atoms with Crippen LogP contribution in [0.25, 0.3) is 10.8 Å². The first-order chi connectivity index (χ1) is 12.8. The standard InChI is InChI=1S/C23H24N2O/c1-2-24-15-19-9-5-6-10-22(19)25-23(26)21-14-20(21)18-12-11-16-7-3-4-8-17(16)13-18/h3-13,20-21,24H,2,14-15H2,1H3,(H,25,26). The Morgan fingerprint density at radius 3 is 2.62 bits per heavy atom. The number of carbonyl (C=O) groups is 1. The summed E-state index contributed by atoms with van der Waals surface area (Å²) in [7, 11) is 0. The van der Waals surface area contributed by atoms with E-state index in [1.165, 1.54) is 16.3 Å². The Kier molecular flexibility index (Phi) is 4.72. The first-order valence-electron chi connectivity index (χ1n) is 9.34. The molecular formula is C23H24N2O. The largest absolute Gasteiger partial charge is 0.326 e. The number of para-hydroxylation sites is 1. The van der Waals surface area contributed by atoms with Gasteiger partial charge in [-0.3, -0.25) is 4.79 Å². The summed E-state index contributed by atoms with van der Waals surface area (Å²) in [5, 5.41) is 8.95. The lowest BCUT2D eigenvalue weighted by atomic mass is 10.0. The number of rotatable bonds is 6. The molecule has 1 aliphatic rings. The quantitative estimate of drug-likeness (QED) is 0.681. The van der Waals surface area contributed by atoms with Crippen molar-refractivity contribution in [2.45, 2.75) is 25.8 Å². The molecule has 3 heteroatoms. The van der Waals surface area contributed by atoms with Gasteiger partial charge in [0, 0.05) is 18.2 Å². The van der Waals surface area contributed by atoms with Gasteiger partial charge in [0.15, 0.2) is 0 Å². The highest BCUT2D eigenvalue weighted by Crippen LogP contribution is 2.48. The number of benzene rings is 3. The fourth-order valence-electron chi connectivity index (χ4n) is 3.57. The Bertz CT molecular complexity index is 934. The molecule has 0 aliphatic heterocycles. The van der Waals surface area contributed by atoms with E-state index in [1.54, 1.807) is 0 Å². The maximum atomic E-state index is 12.7. The molecule has 0 aromatic heterocycles. The van der Waals surface area contributed by atoms with Crippen LogP contribution in [0.1, 0.15) is 30.4 Å². The highest BCUT2D eigenvalue weighted by Gasteiger charge is 2.44. The Balaban J connectivity index is 1.45. The van der Waals surface area contributed by atoms with Crippen LogP contribution in [-0.4, -0.2) is 12.5 Å². The summed E-state index contributed by atoms with van der Waals surface area (Å²) < 4.78 is 0. The van der Waals surface area contributed by atoms with Crippen molar-refractivity contribution in [2.24, 2.45) is 5.92 Å². The third-order valence-electron chi connectivity index (χ3n) is 5.17. The summed E-state index contributed by atoms with van der Waals surface area (Å²) in [5.74, 6) is 0.538. The molecule has 4 rings (SSSR count). The number of hydrogen-bond acceptors (Lipinski definition) is 2. The number of hydrogen-bond donors (Lipinski definition) is 2. The molecule has 1 fully saturated rings. The maximum absolute atomic E-state index is 12.7. The lowest BCUT2D eigenvalue weighted by Gasteiger charge is -2.11. The SMILES string of the molecule is CCNCc1ccccc1NC(=O)C1CC1c1ccc2ccccc2c1. The summed E-state index contributed by atoms with van der Waals surface area (Å²) >= 11 is 0. The minimum Gasteiger partial charge on any atom is -0.326 e. The number of anilines is 1. The van der Waals surface area contributed by atoms with Crippen molar-refractivity contribution in [3.63, 3.8) is 0 Å². The third-order valence-corrected chi connectivity index (χ3v) is 5.17. The minimum absolute atomic E-state index is 0.0725. The molecule has 0 radical (unpaired) electrons. The molecule has 1 saturated carbocycles. The zero-order valence-electron chi connectivity index (χ0n) is 15.0. The van der Waals surface area contributed by atoms with Crippen molar-refractivity contribution in [1.29, 1.82) is 0 Å². The zero-order valence-corrected chi connectivity index (χ0v) is 15.0. The predicted molar refractivity (Wildman–Crippen MR) is 107 cm³/mol. The molecule has 2 unspecified atom stereocenters. The molecule has 26 heavy (non-hydrogen) atoms. The molecule has 3 aromatic carbocycles. The molecule has 132 valence electrons. The van der Waals surface area contributed by atoms with Crippen LogP contribution in [0.2, 0.25) is 0 Å². The van der Waals surface area contributed by atoms with Gasteiger partial charge in [-0.1, -0.05) is 67.6 Å². The van der Waals surface area contributed by atoms with E-state index in [9.17, 15) is 4.79 Å². The fourth-order valence-corrected chi connectivity index (χ4v) is 3.57. The smallest absolute Gasteiger partial charge is 0.228 e. The highest BCUT2D eigenvalue weighted by molar-refractivity contribution is 5.96. The van der Waals surface area contributed by atoms with E-state index in [-0.39, 0.29) is 11.8 Å². The van der Waals surface area contributed by atoms with Crippen LogP contribution in [0.4, 0.5) is 5.69 Å². The van der Waals surface area contributed by atoms with Crippen molar-refractivity contribution < 1.29 is 4.79 Å². The summed E-state index contributed by atoms with van der Waals surface area (Å²) in [6.45, 7) is 3.76. The predicted octanol–water partition coefficient (Wildman–Crippen LogP) is 4.69. The van der Waals surface area contributed by atoms with Gasteiger partial charge < -0.3 is 10.6 Å². The minimum atomic E-state index is 0.0725. The molecule has 0 bridgehead atoms. The highest BCUT2D eigenvalue weighted by atomic mass is 16.2. The Hall–Kier alpha value is -2.65. The van der Waals surface area contributed by atoms with Gasteiger partial charge >= 0.3 is 0 Å². The average Bonchev–Trinajstić information content (AvgIpc) is 3.48. The summed E-state index contributed by atoms with van der Waals surface area (Å²) in [4.78, 5) is 12.7. The van der Waals surface area contributed by atoms with Gasteiger partial charge in [-0.2, -0.15) is 0 Å². The van der Waals surface area contributed by atoms with Crippen LogP contribution < -0.4 is 10.6 Å². The molecule has 2 atom stereocenters. The van der Waals surface area contributed by atoms with E-state index < -0.39 is 0 Å². The molecule has 3 nitrogen and oxygen atoms in total. The van der Waals surface area contributed by atoms with Gasteiger partial charge in [0.05, 0.1) is 0 Å². The van der Waals surface area contributed by atoms with E-state index in [1.807, 2.05) is 18.2 Å². The molecule has 0 heterocycles. The molecule has 3 aromatic rings. The van der Waals surface area contributed by atoms with Gasteiger partial charge in [0.1, 0.15) is 0 Å². The fraction of sp³-hybridized carbons (Fsp3) is 0.261. The molecule has 0 saturated heterocycles. The van der Waals surface area contributed by atoms with Gasteiger partial charge in [-0.15, -0.1) is 0 Å². The summed E-state index contributed by atoms with van der Waals surface area (Å²) in [6.07, 6.45) is 0.930. The summed E-state index contributed by atoms with van der Waals surface area (Å²) in [6, 6.07) is 22.9. The Labute approximate surface area is 154 Å². The lowest BCUT2D eigenvalue weighted by molar-refractivity contribution is -0.117. The lowest BCUT2D eigenvalue weighted by Crippen LogP contribution is -2.18. The third kappa shape index (κ3) is 3.49. The average molecular weight is 344 g/mol. The van der Waals surface area contributed by atoms with Gasteiger partial charge in [-0.05, 0) is 46.8 Å². The second kappa shape index (κ2) is 7.30. The van der Waals surface area contributed by atoms with Crippen molar-refractivity contribution in [3.05, 3.63) is 77.9 Å². The molecule has 1 aliphatic carbocycles. The summed E-state index contributed by atoms with van der Waals surface area (Å²) in [5.41, 5.74) is 3.32. The number of fused-ring (bicyclic) bond motifs is 1. The van der Waals surface area contributed by atoms with Crippen LogP contribution >= 0.6 is 0 Å². The van der Waals surface area contributed by atoms with Gasteiger partial charge in [0.25, 0.3) is 0 Å². The molecule has 0 spiro atoms. The number of nitrogens with one attached hydrogen (secondary N) is 2. The van der Waals surface area contributed by atoms with Crippen molar-refractivity contribution in [3.8, 4) is 0 Å². The van der Waals surface area contributed by atoms with Gasteiger partial charge in [-0.25, -0.2) is 0 Å². The van der Waals surface area contributed by atoms with E-state index in [0.717, 1.165) is 30.8 Å². The van der Waals surface area contributed by atoms with Gasteiger partial charge in [0.2, 0.25) is 5.91 Å². The van der Waals surface area contributed by atoms with E-state index in [2.05, 4.69) is 66.1 Å². The number of carbonyl (C=O) groups excluding carboxylic acids is 1. The first kappa shape index (κ1) is 16.8.